The van der Waals surface area contributed by atoms with Gasteiger partial charge in [-0.1, -0.05) is 18.2 Å². The first-order valence-corrected chi connectivity index (χ1v) is 9.07. The summed E-state index contributed by atoms with van der Waals surface area (Å²) in [5, 5.41) is 33.2. The normalized spacial score (nSPS) is 19.0. The number of aromatic nitrogens is 2. The van der Waals surface area contributed by atoms with Gasteiger partial charge in [-0.3, -0.25) is 5.10 Å². The van der Waals surface area contributed by atoms with Crippen LogP contribution >= 0.6 is 15.9 Å². The number of hydrogen-bond donors (Lipinski definition) is 3. The Balaban J connectivity index is 1.95. The molecule has 1 atom stereocenters. The van der Waals surface area contributed by atoms with Gasteiger partial charge in [0.05, 0.1) is 28.8 Å². The van der Waals surface area contributed by atoms with E-state index in [9.17, 15) is 10.5 Å². The summed E-state index contributed by atoms with van der Waals surface area (Å²) in [6.45, 7) is 1.64. The van der Waals surface area contributed by atoms with Gasteiger partial charge in [-0.25, -0.2) is 0 Å². The first kappa shape index (κ1) is 16.6. The smallest absolute Gasteiger partial charge is 0.156 e. The number of halogens is 1. The highest BCUT2D eigenvalue weighted by atomic mass is 79.9. The van der Waals surface area contributed by atoms with E-state index >= 15 is 0 Å². The fourth-order valence-corrected chi connectivity index (χ4v) is 4.08. The van der Waals surface area contributed by atoms with E-state index in [0.717, 1.165) is 35.4 Å². The van der Waals surface area contributed by atoms with Crippen LogP contribution in [-0.2, 0) is 0 Å². The number of fused-ring (bicyclic) bond motifs is 1. The zero-order chi connectivity index (χ0) is 18.1. The zero-order valence-electron chi connectivity index (χ0n) is 13.8. The summed E-state index contributed by atoms with van der Waals surface area (Å²) in [4.78, 5) is 0. The van der Waals surface area contributed by atoms with Crippen LogP contribution in [0.5, 0.6) is 0 Å². The van der Waals surface area contributed by atoms with Crippen molar-refractivity contribution in [2.45, 2.75) is 12.3 Å². The highest BCUT2D eigenvalue weighted by Crippen LogP contribution is 2.44. The Bertz CT molecular complexity index is 1020. The van der Waals surface area contributed by atoms with E-state index in [0.29, 0.717) is 28.0 Å². The minimum atomic E-state index is -0.296. The number of benzene rings is 1. The minimum absolute atomic E-state index is 0.296. The van der Waals surface area contributed by atoms with Crippen LogP contribution in [0.2, 0.25) is 0 Å². The average molecular weight is 407 g/mol. The lowest BCUT2D eigenvalue weighted by atomic mass is 9.81. The van der Waals surface area contributed by atoms with Crippen molar-refractivity contribution in [2.24, 2.45) is 0 Å². The third-order valence-electron chi connectivity index (χ3n) is 4.71. The van der Waals surface area contributed by atoms with Crippen molar-refractivity contribution in [3.05, 3.63) is 68.5 Å². The Kier molecular flexibility index (Phi) is 4.34. The molecule has 128 valence electrons. The number of H-pyrrole nitrogens is 1. The lowest BCUT2D eigenvalue weighted by molar-refractivity contribution is 0.704. The number of allylic oxidation sites excluding steroid dienone is 1. The molecule has 4 rings (SSSR count). The summed E-state index contributed by atoms with van der Waals surface area (Å²) in [5.74, 6) is 0.417. The van der Waals surface area contributed by atoms with Gasteiger partial charge < -0.3 is 10.6 Å². The van der Waals surface area contributed by atoms with Crippen molar-refractivity contribution in [2.75, 3.05) is 18.4 Å². The van der Waals surface area contributed by atoms with E-state index in [1.165, 1.54) is 0 Å². The summed E-state index contributed by atoms with van der Waals surface area (Å²) in [7, 11) is 0. The van der Waals surface area contributed by atoms with Crippen LogP contribution in [-0.4, -0.2) is 23.3 Å². The SMILES string of the molecule is N#CC1=C(C2=CCCNC2)Nc2n[nH]cc2C1c1cccc(C#N)c1Br. The molecule has 7 heteroatoms. The number of anilines is 1. The molecule has 1 unspecified atom stereocenters. The number of hydrogen-bond acceptors (Lipinski definition) is 5. The molecular formula is C19H15BrN6. The number of nitrogens with zero attached hydrogens (tertiary/aromatic N) is 3. The third-order valence-corrected chi connectivity index (χ3v) is 5.60. The fraction of sp³-hybridized carbons (Fsp3) is 0.211. The van der Waals surface area contributed by atoms with Crippen LogP contribution in [0, 0.1) is 22.7 Å². The van der Waals surface area contributed by atoms with Gasteiger partial charge in [0.25, 0.3) is 0 Å². The summed E-state index contributed by atoms with van der Waals surface area (Å²) in [6, 6.07) is 10.1. The molecule has 6 nitrogen and oxygen atoms in total. The Morgan fingerprint density at radius 3 is 2.81 bits per heavy atom. The first-order valence-electron chi connectivity index (χ1n) is 8.28. The van der Waals surface area contributed by atoms with Gasteiger partial charge in [0.1, 0.15) is 6.07 Å². The predicted molar refractivity (Wildman–Crippen MR) is 101 cm³/mol. The molecule has 0 radical (unpaired) electrons. The Labute approximate surface area is 159 Å². The van der Waals surface area contributed by atoms with Crippen LogP contribution in [0.4, 0.5) is 5.82 Å². The highest BCUT2D eigenvalue weighted by Gasteiger charge is 2.34. The summed E-state index contributed by atoms with van der Waals surface area (Å²) in [5.41, 5.74) is 4.82. The second-order valence-electron chi connectivity index (χ2n) is 6.16. The first-order chi connectivity index (χ1) is 12.7. The van der Waals surface area contributed by atoms with Gasteiger partial charge in [0.15, 0.2) is 5.82 Å². The molecule has 0 bridgehead atoms. The number of nitrogens with one attached hydrogen (secondary N) is 3. The topological polar surface area (TPSA) is 100 Å². The van der Waals surface area contributed by atoms with Gasteiger partial charge in [0.2, 0.25) is 0 Å². The average Bonchev–Trinajstić information content (AvgIpc) is 3.16. The molecular weight excluding hydrogens is 392 g/mol. The number of rotatable bonds is 2. The highest BCUT2D eigenvalue weighted by molar-refractivity contribution is 9.10. The monoisotopic (exact) mass is 406 g/mol. The van der Waals surface area contributed by atoms with Gasteiger partial charge in [-0.05, 0) is 46.1 Å². The van der Waals surface area contributed by atoms with Crippen molar-refractivity contribution >= 4 is 21.7 Å². The second-order valence-corrected chi connectivity index (χ2v) is 6.96. The molecule has 1 aromatic carbocycles. The predicted octanol–water partition coefficient (Wildman–Crippen LogP) is 3.30. The molecule has 0 fully saturated rings. The Morgan fingerprint density at radius 2 is 2.08 bits per heavy atom. The van der Waals surface area contributed by atoms with Crippen molar-refractivity contribution in [1.29, 1.82) is 10.5 Å². The summed E-state index contributed by atoms with van der Waals surface area (Å²) in [6.07, 6.45) is 4.89. The molecule has 2 aliphatic heterocycles. The van der Waals surface area contributed by atoms with Gasteiger partial charge in [-0.2, -0.15) is 15.6 Å². The van der Waals surface area contributed by atoms with Crippen molar-refractivity contribution in [1.82, 2.24) is 15.5 Å². The van der Waals surface area contributed by atoms with Crippen LogP contribution in [0.1, 0.15) is 29.0 Å². The quantitative estimate of drug-likeness (QED) is 0.710. The van der Waals surface area contributed by atoms with E-state index < -0.39 is 0 Å². The van der Waals surface area contributed by atoms with Gasteiger partial charge in [0, 0.05) is 22.8 Å². The van der Waals surface area contributed by atoms with E-state index in [2.05, 4.69) is 55.0 Å². The van der Waals surface area contributed by atoms with E-state index in [-0.39, 0.29) is 5.92 Å². The van der Waals surface area contributed by atoms with Crippen LogP contribution in [0.15, 0.2) is 51.8 Å². The molecule has 1 aromatic heterocycles. The van der Waals surface area contributed by atoms with Gasteiger partial charge in [-0.15, -0.1) is 0 Å². The lowest BCUT2D eigenvalue weighted by Crippen LogP contribution is -2.28. The zero-order valence-corrected chi connectivity index (χ0v) is 15.4. The van der Waals surface area contributed by atoms with E-state index in [1.54, 1.807) is 12.3 Å². The standard InChI is InChI=1S/C19H15BrN6/c20-17-11(7-21)3-1-5-13(17)16-14(8-22)18(12-4-2-6-23-9-12)25-19-15(16)10-24-26-19/h1,3-5,10,16,23H,2,6,9H2,(H2,24,25,26). The molecule has 0 amide bonds. The largest absolute Gasteiger partial charge is 0.337 e. The van der Waals surface area contributed by atoms with Crippen molar-refractivity contribution < 1.29 is 0 Å². The van der Waals surface area contributed by atoms with Crippen LogP contribution in [0.25, 0.3) is 0 Å². The number of nitriles is 2. The molecule has 26 heavy (non-hydrogen) atoms. The lowest BCUT2D eigenvalue weighted by Gasteiger charge is -2.29. The molecule has 0 saturated carbocycles. The maximum atomic E-state index is 10.00. The minimum Gasteiger partial charge on any atom is -0.337 e. The Hall–Kier alpha value is -2.87. The second kappa shape index (κ2) is 6.80. The molecule has 2 aliphatic rings. The van der Waals surface area contributed by atoms with Crippen molar-refractivity contribution in [3.8, 4) is 12.1 Å². The van der Waals surface area contributed by atoms with Crippen LogP contribution < -0.4 is 10.6 Å². The maximum Gasteiger partial charge on any atom is 0.156 e. The van der Waals surface area contributed by atoms with Gasteiger partial charge >= 0.3 is 0 Å². The number of aromatic amines is 1. The third kappa shape index (κ3) is 2.62. The Morgan fingerprint density at radius 1 is 1.19 bits per heavy atom. The molecule has 2 aromatic rings. The van der Waals surface area contributed by atoms with E-state index in [4.69, 9.17) is 0 Å². The van der Waals surface area contributed by atoms with Crippen LogP contribution in [0.3, 0.4) is 0 Å². The van der Waals surface area contributed by atoms with E-state index in [1.807, 2.05) is 12.1 Å². The molecule has 0 aliphatic carbocycles. The van der Waals surface area contributed by atoms with Crippen molar-refractivity contribution in [3.63, 3.8) is 0 Å². The fourth-order valence-electron chi connectivity index (χ4n) is 3.50. The molecule has 0 spiro atoms. The molecule has 0 saturated heterocycles. The molecule has 3 heterocycles. The molecule has 3 N–H and O–H groups in total. The summed E-state index contributed by atoms with van der Waals surface area (Å²) < 4.78 is 0.712. The summed E-state index contributed by atoms with van der Waals surface area (Å²) >= 11 is 3.56. The maximum absolute atomic E-state index is 10.00.